The number of carbonyl (C=O) groups excluding carboxylic acids is 1. The highest BCUT2D eigenvalue weighted by Crippen LogP contribution is 2.03. The zero-order valence-corrected chi connectivity index (χ0v) is 16.6. The van der Waals surface area contributed by atoms with Crippen LogP contribution in [0.4, 0.5) is 4.39 Å². The summed E-state index contributed by atoms with van der Waals surface area (Å²) in [6.45, 7) is 8.99. The van der Waals surface area contributed by atoms with Crippen LogP contribution in [0.15, 0.2) is 24.3 Å². The molecular weight excluding hydrogens is 357 g/mol. The Kier molecular flexibility index (Phi) is 9.75. The van der Waals surface area contributed by atoms with E-state index in [-0.39, 0.29) is 18.3 Å². The minimum atomic E-state index is -3.47. The summed E-state index contributed by atoms with van der Waals surface area (Å²) in [6, 6.07) is 4.94. The molecule has 0 heterocycles. The third kappa shape index (κ3) is 8.73. The molecule has 6 nitrogen and oxygen atoms in total. The van der Waals surface area contributed by atoms with Crippen LogP contribution in [0.1, 0.15) is 44.0 Å². The van der Waals surface area contributed by atoms with Crippen molar-refractivity contribution in [2.45, 2.75) is 39.7 Å². The second kappa shape index (κ2) is 11.3. The van der Waals surface area contributed by atoms with E-state index in [1.54, 1.807) is 0 Å². The van der Waals surface area contributed by atoms with Crippen molar-refractivity contribution in [1.82, 2.24) is 14.9 Å². The van der Waals surface area contributed by atoms with Gasteiger partial charge in [-0.1, -0.05) is 13.8 Å². The molecule has 1 atom stereocenters. The minimum absolute atomic E-state index is 0.00227. The molecule has 0 saturated heterocycles. The van der Waals surface area contributed by atoms with E-state index in [1.807, 2.05) is 6.92 Å². The lowest BCUT2D eigenvalue weighted by molar-refractivity contribution is 0.0956. The Balaban J connectivity index is 2.32. The molecule has 0 unspecified atom stereocenters. The zero-order chi connectivity index (χ0) is 19.6. The fraction of sp³-hybridized carbons (Fsp3) is 0.611. The number of rotatable bonds is 12. The van der Waals surface area contributed by atoms with Crippen LogP contribution in [-0.4, -0.2) is 57.2 Å². The van der Waals surface area contributed by atoms with E-state index < -0.39 is 21.7 Å². The Hall–Kier alpha value is -1.51. The summed E-state index contributed by atoms with van der Waals surface area (Å²) < 4.78 is 39.7. The molecule has 0 radical (unpaired) electrons. The smallest absolute Gasteiger partial charge is 0.251 e. The molecule has 26 heavy (non-hydrogen) atoms. The Morgan fingerprint density at radius 1 is 1.19 bits per heavy atom. The lowest BCUT2D eigenvalue weighted by atomic mass is 10.2. The molecule has 2 N–H and O–H groups in total. The first-order valence-electron chi connectivity index (χ1n) is 9.03. The van der Waals surface area contributed by atoms with Crippen molar-refractivity contribution < 1.29 is 17.6 Å². The molecule has 1 aromatic rings. The summed E-state index contributed by atoms with van der Waals surface area (Å²) in [7, 11) is -3.47. The zero-order valence-electron chi connectivity index (χ0n) is 15.8. The largest absolute Gasteiger partial charge is 0.351 e. The van der Waals surface area contributed by atoms with Gasteiger partial charge in [-0.15, -0.1) is 0 Å². The van der Waals surface area contributed by atoms with Crippen molar-refractivity contribution in [2.24, 2.45) is 0 Å². The van der Waals surface area contributed by atoms with E-state index >= 15 is 0 Å². The van der Waals surface area contributed by atoms with Crippen LogP contribution in [0.2, 0.25) is 0 Å². The SMILES string of the molecule is CCN(CC)CCC[C@@H](C)NS(=O)(=O)CCNC(=O)c1ccc(F)cc1. The number of nitrogens with zero attached hydrogens (tertiary/aromatic N) is 1. The van der Waals surface area contributed by atoms with Gasteiger partial charge < -0.3 is 10.2 Å². The molecule has 1 rings (SSSR count). The number of halogens is 1. The highest BCUT2D eigenvalue weighted by Gasteiger charge is 2.15. The fourth-order valence-corrected chi connectivity index (χ4v) is 3.81. The summed E-state index contributed by atoms with van der Waals surface area (Å²) in [5.74, 6) is -1.05. The van der Waals surface area contributed by atoms with E-state index in [0.717, 1.165) is 32.5 Å². The van der Waals surface area contributed by atoms with Crippen LogP contribution in [0.3, 0.4) is 0 Å². The number of amides is 1. The summed E-state index contributed by atoms with van der Waals surface area (Å²) in [5, 5.41) is 2.53. The van der Waals surface area contributed by atoms with Crippen molar-refractivity contribution in [2.75, 3.05) is 31.9 Å². The monoisotopic (exact) mass is 387 g/mol. The van der Waals surface area contributed by atoms with E-state index in [0.29, 0.717) is 5.56 Å². The topological polar surface area (TPSA) is 78.5 Å². The van der Waals surface area contributed by atoms with E-state index in [1.165, 1.54) is 24.3 Å². The maximum absolute atomic E-state index is 12.8. The van der Waals surface area contributed by atoms with Gasteiger partial charge in [0, 0.05) is 18.2 Å². The number of carbonyl (C=O) groups is 1. The number of benzene rings is 1. The van der Waals surface area contributed by atoms with Gasteiger partial charge in [0.05, 0.1) is 5.75 Å². The van der Waals surface area contributed by atoms with Gasteiger partial charge >= 0.3 is 0 Å². The molecule has 0 saturated carbocycles. The first-order chi connectivity index (χ1) is 12.3. The number of sulfonamides is 1. The van der Waals surface area contributed by atoms with Crippen LogP contribution >= 0.6 is 0 Å². The molecule has 0 spiro atoms. The standard InChI is InChI=1S/C18H30FN3O3S/c1-4-22(5-2)13-6-7-15(3)21-26(24,25)14-12-20-18(23)16-8-10-17(19)11-9-16/h8-11,15,21H,4-7,12-14H2,1-3H3,(H,20,23)/t15-/m1/s1. The van der Waals surface area contributed by atoms with Crippen LogP contribution in [-0.2, 0) is 10.0 Å². The first kappa shape index (κ1) is 22.5. The van der Waals surface area contributed by atoms with Crippen molar-refractivity contribution in [3.05, 3.63) is 35.6 Å². The Bertz CT molecular complexity index is 646. The summed E-state index contributed by atoms with van der Waals surface area (Å²) in [6.07, 6.45) is 1.68. The van der Waals surface area contributed by atoms with E-state index in [9.17, 15) is 17.6 Å². The molecule has 0 aromatic heterocycles. The summed E-state index contributed by atoms with van der Waals surface area (Å²) >= 11 is 0. The Morgan fingerprint density at radius 3 is 2.38 bits per heavy atom. The predicted octanol–water partition coefficient (Wildman–Crippen LogP) is 1.99. The van der Waals surface area contributed by atoms with Gasteiger partial charge in [0.25, 0.3) is 5.91 Å². The van der Waals surface area contributed by atoms with Crippen LogP contribution in [0.5, 0.6) is 0 Å². The third-order valence-electron chi connectivity index (χ3n) is 4.15. The lowest BCUT2D eigenvalue weighted by Crippen LogP contribution is -2.38. The second-order valence-corrected chi connectivity index (χ2v) is 8.14. The van der Waals surface area contributed by atoms with Crippen LogP contribution in [0, 0.1) is 5.82 Å². The van der Waals surface area contributed by atoms with Gasteiger partial charge in [0.2, 0.25) is 10.0 Å². The second-order valence-electron chi connectivity index (χ2n) is 6.27. The molecule has 8 heteroatoms. The molecule has 1 amide bonds. The van der Waals surface area contributed by atoms with Gasteiger partial charge in [-0.2, -0.15) is 0 Å². The van der Waals surface area contributed by atoms with E-state index in [4.69, 9.17) is 0 Å². The lowest BCUT2D eigenvalue weighted by Gasteiger charge is -2.19. The quantitative estimate of drug-likeness (QED) is 0.575. The minimum Gasteiger partial charge on any atom is -0.351 e. The number of nitrogens with one attached hydrogen (secondary N) is 2. The van der Waals surface area contributed by atoms with Gasteiger partial charge in [0.1, 0.15) is 5.82 Å². The van der Waals surface area contributed by atoms with Crippen molar-refractivity contribution >= 4 is 15.9 Å². The normalized spacial score (nSPS) is 13.0. The van der Waals surface area contributed by atoms with Crippen molar-refractivity contribution in [3.63, 3.8) is 0 Å². The molecule has 0 fully saturated rings. The summed E-state index contributed by atoms with van der Waals surface area (Å²) in [5.41, 5.74) is 0.293. The molecule has 0 aliphatic rings. The first-order valence-corrected chi connectivity index (χ1v) is 10.7. The maximum atomic E-state index is 12.8. The van der Waals surface area contributed by atoms with Crippen molar-refractivity contribution in [1.29, 1.82) is 0 Å². The number of hydrogen-bond donors (Lipinski definition) is 2. The maximum Gasteiger partial charge on any atom is 0.251 e. The van der Waals surface area contributed by atoms with E-state index in [2.05, 4.69) is 28.8 Å². The molecule has 1 aromatic carbocycles. The van der Waals surface area contributed by atoms with Gasteiger partial charge in [-0.05, 0) is 63.7 Å². The average Bonchev–Trinajstić information content (AvgIpc) is 2.58. The highest BCUT2D eigenvalue weighted by atomic mass is 32.2. The third-order valence-corrected chi connectivity index (χ3v) is 5.65. The van der Waals surface area contributed by atoms with Gasteiger partial charge in [-0.3, -0.25) is 4.79 Å². The molecule has 0 aliphatic carbocycles. The van der Waals surface area contributed by atoms with Crippen LogP contribution < -0.4 is 10.0 Å². The summed E-state index contributed by atoms with van der Waals surface area (Å²) in [4.78, 5) is 14.2. The van der Waals surface area contributed by atoms with Gasteiger partial charge in [-0.25, -0.2) is 17.5 Å². The number of hydrogen-bond acceptors (Lipinski definition) is 4. The highest BCUT2D eigenvalue weighted by molar-refractivity contribution is 7.89. The Labute approximate surface area is 156 Å². The fourth-order valence-electron chi connectivity index (χ4n) is 2.59. The Morgan fingerprint density at radius 2 is 1.81 bits per heavy atom. The molecule has 148 valence electrons. The molecular formula is C18H30FN3O3S. The predicted molar refractivity (Wildman–Crippen MR) is 102 cm³/mol. The van der Waals surface area contributed by atoms with Crippen LogP contribution in [0.25, 0.3) is 0 Å². The van der Waals surface area contributed by atoms with Gasteiger partial charge in [0.15, 0.2) is 0 Å². The average molecular weight is 388 g/mol. The molecule has 0 aliphatic heterocycles. The molecule has 0 bridgehead atoms. The van der Waals surface area contributed by atoms with Crippen molar-refractivity contribution in [3.8, 4) is 0 Å².